The van der Waals surface area contributed by atoms with Gasteiger partial charge in [0.2, 0.25) is 0 Å². The third-order valence-corrected chi connectivity index (χ3v) is 13.4. The second-order valence-corrected chi connectivity index (χ2v) is 12.6. The third-order valence-electron chi connectivity index (χ3n) is 1.50. The van der Waals surface area contributed by atoms with Crippen LogP contribution in [-0.2, 0) is 0 Å². The zero-order valence-electron chi connectivity index (χ0n) is 8.62. The van der Waals surface area contributed by atoms with E-state index in [-0.39, 0.29) is 0 Å². The van der Waals surface area contributed by atoms with Gasteiger partial charge in [0.15, 0.2) is 0 Å². The molecule has 4 heteroatoms. The van der Waals surface area contributed by atoms with Crippen LogP contribution in [0.15, 0.2) is 23.0 Å². The van der Waals surface area contributed by atoms with E-state index in [1.807, 2.05) is 23.5 Å². The Hall–Kier alpha value is 1.22. The first-order valence-electron chi connectivity index (χ1n) is 4.47. The molecule has 80 valence electrons. The average molecular weight is 358 g/mol. The number of hydrogen-bond acceptors (Lipinski definition) is 2. The Labute approximate surface area is 108 Å². The molecule has 1 heterocycles. The molecule has 0 aromatic rings. The molecule has 1 fully saturated rings. The van der Waals surface area contributed by atoms with E-state index in [1.54, 1.807) is 0 Å². The Morgan fingerprint density at radius 3 is 1.64 bits per heavy atom. The molecular formula is C10H16S2Se2. The van der Waals surface area contributed by atoms with E-state index < -0.39 is 0 Å². The Morgan fingerprint density at radius 2 is 1.36 bits per heavy atom. The average Bonchev–Trinajstić information content (AvgIpc) is 2.06. The van der Waals surface area contributed by atoms with Gasteiger partial charge in [0.1, 0.15) is 0 Å². The summed E-state index contributed by atoms with van der Waals surface area (Å²) in [6.45, 7) is 12.3. The van der Waals surface area contributed by atoms with Gasteiger partial charge in [-0.2, -0.15) is 0 Å². The van der Waals surface area contributed by atoms with Crippen LogP contribution in [0.5, 0.6) is 0 Å². The fourth-order valence-electron chi connectivity index (χ4n) is 1.06. The molecule has 14 heavy (non-hydrogen) atoms. The van der Waals surface area contributed by atoms with E-state index in [0.29, 0.717) is 0 Å². The summed E-state index contributed by atoms with van der Waals surface area (Å²) in [5.74, 6) is 0. The Morgan fingerprint density at radius 1 is 1.00 bits per heavy atom. The summed E-state index contributed by atoms with van der Waals surface area (Å²) >= 11 is 5.66. The van der Waals surface area contributed by atoms with Crippen LogP contribution in [-0.4, -0.2) is 38.2 Å². The summed E-state index contributed by atoms with van der Waals surface area (Å²) in [6.07, 6.45) is 0. The molecule has 2 unspecified atom stereocenters. The van der Waals surface area contributed by atoms with Crippen molar-refractivity contribution in [1.82, 2.24) is 0 Å². The Balaban J connectivity index is 2.49. The van der Waals surface area contributed by atoms with Gasteiger partial charge in [-0.05, 0) is 0 Å². The van der Waals surface area contributed by atoms with Crippen LogP contribution in [0.25, 0.3) is 0 Å². The SMILES string of the molecule is C=C(C)SC1[Se]CC[Se]C1SC(=C)C. The minimum absolute atomic E-state index is 0.816. The molecule has 1 saturated heterocycles. The number of rotatable bonds is 4. The van der Waals surface area contributed by atoms with Gasteiger partial charge in [0.25, 0.3) is 0 Å². The van der Waals surface area contributed by atoms with Crippen molar-refractivity contribution in [2.75, 3.05) is 0 Å². The van der Waals surface area contributed by atoms with Gasteiger partial charge in [-0.1, -0.05) is 0 Å². The minimum atomic E-state index is 0.816. The predicted molar refractivity (Wildman–Crippen MR) is 73.5 cm³/mol. The van der Waals surface area contributed by atoms with Crippen molar-refractivity contribution in [3.05, 3.63) is 23.0 Å². The first kappa shape index (κ1) is 13.3. The number of allylic oxidation sites excluding steroid dienone is 2. The first-order valence-corrected chi connectivity index (χ1v) is 10.6. The molecule has 0 N–H and O–H groups in total. The second-order valence-electron chi connectivity index (χ2n) is 3.12. The Bertz CT molecular complexity index is 204. The molecule has 0 spiro atoms. The van der Waals surface area contributed by atoms with Gasteiger partial charge in [-0.3, -0.25) is 0 Å². The van der Waals surface area contributed by atoms with E-state index in [1.165, 1.54) is 20.4 Å². The summed E-state index contributed by atoms with van der Waals surface area (Å²) in [4.78, 5) is 2.56. The van der Waals surface area contributed by atoms with E-state index in [4.69, 9.17) is 0 Å². The summed E-state index contributed by atoms with van der Waals surface area (Å²) in [6, 6.07) is 0. The fraction of sp³-hybridized carbons (Fsp3) is 0.600. The zero-order chi connectivity index (χ0) is 10.6. The van der Waals surface area contributed by atoms with Crippen molar-refractivity contribution in [2.24, 2.45) is 0 Å². The van der Waals surface area contributed by atoms with Crippen molar-refractivity contribution >= 4 is 53.4 Å². The Kier molecular flexibility index (Phi) is 6.38. The van der Waals surface area contributed by atoms with Crippen LogP contribution < -0.4 is 0 Å². The van der Waals surface area contributed by atoms with Gasteiger partial charge < -0.3 is 0 Å². The molecule has 0 amide bonds. The zero-order valence-corrected chi connectivity index (χ0v) is 13.7. The van der Waals surface area contributed by atoms with Crippen molar-refractivity contribution in [2.45, 2.75) is 32.8 Å². The van der Waals surface area contributed by atoms with Crippen LogP contribution >= 0.6 is 23.5 Å². The molecule has 0 saturated carbocycles. The number of hydrogen-bond donors (Lipinski definition) is 0. The van der Waals surface area contributed by atoms with Crippen molar-refractivity contribution < 1.29 is 0 Å². The summed E-state index contributed by atoms with van der Waals surface area (Å²) in [5, 5.41) is 2.95. The summed E-state index contributed by atoms with van der Waals surface area (Å²) < 4.78 is 1.71. The maximum absolute atomic E-state index is 4.01. The van der Waals surface area contributed by atoms with Gasteiger partial charge in [-0.15, -0.1) is 0 Å². The molecular weight excluding hydrogens is 342 g/mol. The fourth-order valence-corrected chi connectivity index (χ4v) is 13.8. The van der Waals surface area contributed by atoms with E-state index in [0.717, 1.165) is 38.2 Å². The van der Waals surface area contributed by atoms with Crippen LogP contribution in [0.2, 0.25) is 10.6 Å². The van der Waals surface area contributed by atoms with E-state index in [2.05, 4.69) is 27.0 Å². The van der Waals surface area contributed by atoms with Crippen LogP contribution in [0.3, 0.4) is 0 Å². The maximum atomic E-state index is 4.01. The van der Waals surface area contributed by atoms with E-state index >= 15 is 0 Å². The topological polar surface area (TPSA) is 0 Å². The number of thioether (sulfide) groups is 2. The quantitative estimate of drug-likeness (QED) is 0.707. The monoisotopic (exact) mass is 360 g/mol. The summed E-state index contributed by atoms with van der Waals surface area (Å²) in [7, 11) is 0. The molecule has 0 radical (unpaired) electrons. The van der Waals surface area contributed by atoms with Gasteiger partial charge >= 0.3 is 109 Å². The molecule has 0 aromatic carbocycles. The predicted octanol–water partition coefficient (Wildman–Crippen LogP) is 3.43. The van der Waals surface area contributed by atoms with Crippen molar-refractivity contribution in [1.29, 1.82) is 0 Å². The molecule has 1 aliphatic rings. The normalized spacial score (nSPS) is 27.3. The second kappa shape index (κ2) is 6.73. The van der Waals surface area contributed by atoms with Gasteiger partial charge in [-0.25, -0.2) is 0 Å². The first-order chi connectivity index (χ1) is 6.59. The molecule has 0 nitrogen and oxygen atoms in total. The van der Waals surface area contributed by atoms with Crippen LogP contribution in [0.4, 0.5) is 0 Å². The molecule has 2 atom stereocenters. The molecule has 0 bridgehead atoms. The van der Waals surface area contributed by atoms with Crippen LogP contribution in [0.1, 0.15) is 13.8 Å². The van der Waals surface area contributed by atoms with Crippen LogP contribution in [0, 0.1) is 0 Å². The van der Waals surface area contributed by atoms with Crippen molar-refractivity contribution in [3.63, 3.8) is 0 Å². The molecule has 0 aromatic heterocycles. The summed E-state index contributed by atoms with van der Waals surface area (Å²) in [5.41, 5.74) is 0. The van der Waals surface area contributed by atoms with Crippen molar-refractivity contribution in [3.8, 4) is 0 Å². The standard InChI is InChI=1S/C10H16S2Se2/c1-7(2)11-9-10(12-8(3)4)14-6-5-13-9/h9-10H,1,3,5-6H2,2,4H3. The van der Waals surface area contributed by atoms with Gasteiger partial charge in [0.05, 0.1) is 0 Å². The van der Waals surface area contributed by atoms with Gasteiger partial charge in [0, 0.05) is 0 Å². The van der Waals surface area contributed by atoms with E-state index in [9.17, 15) is 0 Å². The third kappa shape index (κ3) is 4.83. The molecule has 1 aliphatic heterocycles. The molecule has 1 rings (SSSR count). The molecule has 0 aliphatic carbocycles.